The predicted octanol–water partition coefficient (Wildman–Crippen LogP) is 4.76. The molecule has 0 amide bonds. The molecular weight excluding hydrogens is 286 g/mol. The molecular formula is C16H18BrN. The van der Waals surface area contributed by atoms with Gasteiger partial charge in [-0.2, -0.15) is 0 Å². The predicted molar refractivity (Wildman–Crippen MR) is 79.8 cm³/mol. The van der Waals surface area contributed by atoms with Gasteiger partial charge in [0.05, 0.1) is 5.52 Å². The van der Waals surface area contributed by atoms with E-state index in [1.807, 2.05) is 0 Å². The minimum Gasteiger partial charge on any atom is -0.253 e. The van der Waals surface area contributed by atoms with Gasteiger partial charge >= 0.3 is 0 Å². The van der Waals surface area contributed by atoms with E-state index in [9.17, 15) is 0 Å². The van der Waals surface area contributed by atoms with Crippen molar-refractivity contribution in [2.75, 3.05) is 0 Å². The van der Waals surface area contributed by atoms with Crippen LogP contribution in [0.2, 0.25) is 0 Å². The Morgan fingerprint density at radius 2 is 2.11 bits per heavy atom. The zero-order valence-corrected chi connectivity index (χ0v) is 12.5. The standard InChI is InChI=1S/C16H18BrN/c1-10(2)11-3-4-12-7-13-5-6-14(17)9-16(13)18-15(12)8-11/h5-7,9-11H,3-4,8H2,1-2H3/t11-/m1/s1. The molecule has 0 aliphatic heterocycles. The van der Waals surface area contributed by atoms with Crippen LogP contribution in [-0.2, 0) is 12.8 Å². The highest BCUT2D eigenvalue weighted by molar-refractivity contribution is 9.10. The monoisotopic (exact) mass is 303 g/mol. The molecule has 1 atom stereocenters. The average molecular weight is 304 g/mol. The average Bonchev–Trinajstić information content (AvgIpc) is 2.35. The molecule has 1 nitrogen and oxygen atoms in total. The normalized spacial score (nSPS) is 19.2. The van der Waals surface area contributed by atoms with Crippen molar-refractivity contribution in [2.24, 2.45) is 11.8 Å². The molecule has 3 rings (SSSR count). The third kappa shape index (κ3) is 2.18. The lowest BCUT2D eigenvalue weighted by Crippen LogP contribution is -2.20. The van der Waals surface area contributed by atoms with Crippen molar-refractivity contribution in [1.29, 1.82) is 0 Å². The summed E-state index contributed by atoms with van der Waals surface area (Å²) in [4.78, 5) is 4.88. The molecule has 94 valence electrons. The molecule has 0 fully saturated rings. The number of hydrogen-bond acceptors (Lipinski definition) is 1. The number of hydrogen-bond donors (Lipinski definition) is 0. The van der Waals surface area contributed by atoms with Crippen molar-refractivity contribution in [2.45, 2.75) is 33.1 Å². The molecule has 0 bridgehead atoms. The number of pyridine rings is 1. The molecule has 1 aliphatic carbocycles. The van der Waals surface area contributed by atoms with Crippen LogP contribution in [0, 0.1) is 11.8 Å². The summed E-state index contributed by atoms with van der Waals surface area (Å²) >= 11 is 3.52. The molecule has 1 heterocycles. The van der Waals surface area contributed by atoms with E-state index in [2.05, 4.69) is 54.0 Å². The lowest BCUT2D eigenvalue weighted by Gasteiger charge is -2.27. The van der Waals surface area contributed by atoms with E-state index < -0.39 is 0 Å². The van der Waals surface area contributed by atoms with Gasteiger partial charge < -0.3 is 0 Å². The third-order valence-electron chi connectivity index (χ3n) is 4.13. The van der Waals surface area contributed by atoms with Crippen LogP contribution in [0.15, 0.2) is 28.7 Å². The highest BCUT2D eigenvalue weighted by atomic mass is 79.9. The fraction of sp³-hybridized carbons (Fsp3) is 0.438. The van der Waals surface area contributed by atoms with Gasteiger partial charge in [0.15, 0.2) is 0 Å². The Balaban J connectivity index is 2.06. The van der Waals surface area contributed by atoms with Crippen LogP contribution in [0.3, 0.4) is 0 Å². The molecule has 0 spiro atoms. The largest absolute Gasteiger partial charge is 0.253 e. The summed E-state index contributed by atoms with van der Waals surface area (Å²) in [5, 5.41) is 1.26. The van der Waals surface area contributed by atoms with Gasteiger partial charge in [0, 0.05) is 15.6 Å². The second-order valence-electron chi connectivity index (χ2n) is 5.68. The van der Waals surface area contributed by atoms with E-state index in [1.54, 1.807) is 0 Å². The smallest absolute Gasteiger partial charge is 0.0716 e. The van der Waals surface area contributed by atoms with Crippen LogP contribution in [-0.4, -0.2) is 4.98 Å². The minimum atomic E-state index is 0.762. The molecule has 1 aliphatic rings. The summed E-state index contributed by atoms with van der Waals surface area (Å²) in [7, 11) is 0. The van der Waals surface area contributed by atoms with Gasteiger partial charge in [0.2, 0.25) is 0 Å². The van der Waals surface area contributed by atoms with Gasteiger partial charge in [-0.05, 0) is 54.9 Å². The maximum Gasteiger partial charge on any atom is 0.0716 e. The van der Waals surface area contributed by atoms with E-state index in [1.165, 1.54) is 29.5 Å². The Hall–Kier alpha value is -0.890. The number of aryl methyl sites for hydroxylation is 1. The Labute approximate surface area is 117 Å². The lowest BCUT2D eigenvalue weighted by molar-refractivity contribution is 0.339. The van der Waals surface area contributed by atoms with Crippen LogP contribution in [0.25, 0.3) is 10.9 Å². The molecule has 0 saturated carbocycles. The number of rotatable bonds is 1. The molecule has 0 radical (unpaired) electrons. The second kappa shape index (κ2) is 4.65. The summed E-state index contributed by atoms with van der Waals surface area (Å²) in [6.07, 6.45) is 3.65. The molecule has 0 N–H and O–H groups in total. The van der Waals surface area contributed by atoms with Crippen molar-refractivity contribution in [1.82, 2.24) is 4.98 Å². The van der Waals surface area contributed by atoms with E-state index in [-0.39, 0.29) is 0 Å². The number of halogens is 1. The summed E-state index contributed by atoms with van der Waals surface area (Å²) < 4.78 is 1.11. The highest BCUT2D eigenvalue weighted by Gasteiger charge is 2.22. The van der Waals surface area contributed by atoms with Crippen LogP contribution >= 0.6 is 15.9 Å². The molecule has 0 saturated heterocycles. The molecule has 2 aromatic rings. The zero-order chi connectivity index (χ0) is 12.7. The second-order valence-corrected chi connectivity index (χ2v) is 6.59. The number of nitrogens with zero attached hydrogens (tertiary/aromatic N) is 1. The lowest BCUT2D eigenvalue weighted by atomic mass is 9.80. The first-order valence-electron chi connectivity index (χ1n) is 6.71. The van der Waals surface area contributed by atoms with Crippen molar-refractivity contribution in [3.8, 4) is 0 Å². The summed E-state index contributed by atoms with van der Waals surface area (Å²) in [5.41, 5.74) is 3.90. The van der Waals surface area contributed by atoms with Crippen molar-refractivity contribution >= 4 is 26.8 Å². The van der Waals surface area contributed by atoms with Crippen molar-refractivity contribution in [3.05, 3.63) is 40.0 Å². The molecule has 0 unspecified atom stereocenters. The van der Waals surface area contributed by atoms with Gasteiger partial charge in [-0.15, -0.1) is 0 Å². The number of benzene rings is 1. The van der Waals surface area contributed by atoms with E-state index in [0.29, 0.717) is 0 Å². The van der Waals surface area contributed by atoms with Crippen LogP contribution in [0.1, 0.15) is 31.5 Å². The first-order valence-corrected chi connectivity index (χ1v) is 7.51. The summed E-state index contributed by atoms with van der Waals surface area (Å²) in [5.74, 6) is 1.56. The van der Waals surface area contributed by atoms with Crippen molar-refractivity contribution in [3.63, 3.8) is 0 Å². The fourth-order valence-electron chi connectivity index (χ4n) is 2.88. The Morgan fingerprint density at radius 1 is 1.28 bits per heavy atom. The van der Waals surface area contributed by atoms with E-state index in [4.69, 9.17) is 4.98 Å². The van der Waals surface area contributed by atoms with Crippen LogP contribution < -0.4 is 0 Å². The third-order valence-corrected chi connectivity index (χ3v) is 4.62. The highest BCUT2D eigenvalue weighted by Crippen LogP contribution is 2.31. The van der Waals surface area contributed by atoms with Gasteiger partial charge in [-0.3, -0.25) is 4.98 Å². The van der Waals surface area contributed by atoms with Gasteiger partial charge in [0.1, 0.15) is 0 Å². The van der Waals surface area contributed by atoms with Crippen molar-refractivity contribution < 1.29 is 0 Å². The van der Waals surface area contributed by atoms with Gasteiger partial charge in [-0.1, -0.05) is 35.8 Å². The molecule has 1 aromatic heterocycles. The van der Waals surface area contributed by atoms with Crippen LogP contribution in [0.5, 0.6) is 0 Å². The Bertz CT molecular complexity index is 589. The van der Waals surface area contributed by atoms with E-state index >= 15 is 0 Å². The van der Waals surface area contributed by atoms with Gasteiger partial charge in [0.25, 0.3) is 0 Å². The van der Waals surface area contributed by atoms with Gasteiger partial charge in [-0.25, -0.2) is 0 Å². The molecule has 2 heteroatoms. The summed E-state index contributed by atoms with van der Waals surface area (Å²) in [6.45, 7) is 4.65. The van der Waals surface area contributed by atoms with Crippen LogP contribution in [0.4, 0.5) is 0 Å². The number of aromatic nitrogens is 1. The number of fused-ring (bicyclic) bond motifs is 2. The Kier molecular flexibility index (Phi) is 3.14. The molecule has 1 aromatic carbocycles. The molecule has 18 heavy (non-hydrogen) atoms. The zero-order valence-electron chi connectivity index (χ0n) is 10.9. The minimum absolute atomic E-state index is 0.762. The quantitative estimate of drug-likeness (QED) is 0.740. The first kappa shape index (κ1) is 12.2. The van der Waals surface area contributed by atoms with E-state index in [0.717, 1.165) is 28.2 Å². The first-order chi connectivity index (χ1) is 8.63. The SMILES string of the molecule is CC(C)[C@@H]1CCc2cc3ccc(Br)cc3nc2C1. The maximum absolute atomic E-state index is 4.88. The summed E-state index contributed by atoms with van der Waals surface area (Å²) in [6, 6.07) is 8.70. The fourth-order valence-corrected chi connectivity index (χ4v) is 3.23. The topological polar surface area (TPSA) is 12.9 Å². The maximum atomic E-state index is 4.88. The Morgan fingerprint density at radius 3 is 2.89 bits per heavy atom.